The van der Waals surface area contributed by atoms with Crippen molar-refractivity contribution in [3.8, 4) is 5.69 Å². The Morgan fingerprint density at radius 2 is 2.04 bits per heavy atom. The number of H-pyrrole nitrogens is 1. The van der Waals surface area contributed by atoms with Crippen LogP contribution in [0.15, 0.2) is 34.3 Å². The number of thioether (sulfide) groups is 1. The van der Waals surface area contributed by atoms with Crippen molar-refractivity contribution in [1.82, 2.24) is 24.6 Å². The molecule has 0 unspecified atom stereocenters. The second-order valence-electron chi connectivity index (χ2n) is 6.74. The van der Waals surface area contributed by atoms with Gasteiger partial charge in [0.2, 0.25) is 0 Å². The Kier molecular flexibility index (Phi) is 5.29. The van der Waals surface area contributed by atoms with Gasteiger partial charge in [0.15, 0.2) is 10.8 Å². The lowest BCUT2D eigenvalue weighted by Gasteiger charge is -2.26. The van der Waals surface area contributed by atoms with Gasteiger partial charge in [-0.2, -0.15) is 5.10 Å². The summed E-state index contributed by atoms with van der Waals surface area (Å²) in [5.41, 5.74) is 3.63. The van der Waals surface area contributed by atoms with Crippen molar-refractivity contribution < 1.29 is 4.74 Å². The van der Waals surface area contributed by atoms with Crippen molar-refractivity contribution in [3.63, 3.8) is 0 Å². The molecular weight excluding hydrogens is 362 g/mol. The van der Waals surface area contributed by atoms with E-state index in [1.807, 2.05) is 18.2 Å². The first-order chi connectivity index (χ1) is 13.1. The summed E-state index contributed by atoms with van der Waals surface area (Å²) >= 11 is 1.60. The number of rotatable bonds is 5. The number of benzene rings is 1. The standard InChI is InChI=1S/C19H23N5O2S/c1-13-3-4-15(11-14(13)2)24-18(25)16-12-20-22-17(16)21-19(24)27-10-7-23-5-8-26-9-6-23/h3-4,11-12H,5-10H2,1-2H3,(H,20,22). The monoisotopic (exact) mass is 385 g/mol. The van der Waals surface area contributed by atoms with Crippen LogP contribution in [0.1, 0.15) is 11.1 Å². The van der Waals surface area contributed by atoms with E-state index in [-0.39, 0.29) is 5.56 Å². The van der Waals surface area contributed by atoms with Crippen LogP contribution in [0, 0.1) is 13.8 Å². The Hall–Kier alpha value is -2.16. The normalized spacial score (nSPS) is 15.5. The van der Waals surface area contributed by atoms with Crippen LogP contribution in [0.2, 0.25) is 0 Å². The third-order valence-electron chi connectivity index (χ3n) is 4.94. The van der Waals surface area contributed by atoms with Crippen LogP contribution >= 0.6 is 11.8 Å². The number of nitrogens with one attached hydrogen (secondary N) is 1. The fourth-order valence-corrected chi connectivity index (χ4v) is 4.16. The summed E-state index contributed by atoms with van der Waals surface area (Å²) in [5, 5.41) is 8.01. The molecule has 1 aliphatic heterocycles. The second kappa shape index (κ2) is 7.84. The molecule has 0 spiro atoms. The van der Waals surface area contributed by atoms with Crippen molar-refractivity contribution in [2.75, 3.05) is 38.6 Å². The second-order valence-corrected chi connectivity index (χ2v) is 7.80. The quantitative estimate of drug-likeness (QED) is 0.536. The number of aromatic nitrogens is 4. The first-order valence-corrected chi connectivity index (χ1v) is 10.1. The predicted molar refractivity (Wildman–Crippen MR) is 107 cm³/mol. The Balaban J connectivity index is 1.67. The van der Waals surface area contributed by atoms with Gasteiger partial charge in [0.1, 0.15) is 5.39 Å². The Morgan fingerprint density at radius 1 is 1.22 bits per heavy atom. The third-order valence-corrected chi connectivity index (χ3v) is 5.86. The zero-order valence-corrected chi connectivity index (χ0v) is 16.4. The minimum atomic E-state index is -0.0918. The van der Waals surface area contributed by atoms with Gasteiger partial charge in [-0.05, 0) is 37.1 Å². The molecule has 0 saturated carbocycles. The van der Waals surface area contributed by atoms with Crippen LogP contribution in [-0.2, 0) is 4.74 Å². The Labute approximate surface area is 161 Å². The number of ether oxygens (including phenoxy) is 1. The molecule has 1 saturated heterocycles. The minimum absolute atomic E-state index is 0.0918. The molecule has 1 aliphatic rings. The molecule has 1 aromatic carbocycles. The van der Waals surface area contributed by atoms with Gasteiger partial charge >= 0.3 is 0 Å². The summed E-state index contributed by atoms with van der Waals surface area (Å²) in [4.78, 5) is 20.1. The van der Waals surface area contributed by atoms with E-state index in [2.05, 4.69) is 33.9 Å². The molecule has 0 aliphatic carbocycles. The molecule has 0 amide bonds. The maximum Gasteiger partial charge on any atom is 0.269 e. The summed E-state index contributed by atoms with van der Waals surface area (Å²) in [7, 11) is 0. The maximum absolute atomic E-state index is 13.1. The number of hydrogen-bond donors (Lipinski definition) is 1. The first kappa shape index (κ1) is 18.2. The van der Waals surface area contributed by atoms with E-state index in [0.717, 1.165) is 49.9 Å². The van der Waals surface area contributed by atoms with E-state index < -0.39 is 0 Å². The zero-order chi connectivity index (χ0) is 18.8. The summed E-state index contributed by atoms with van der Waals surface area (Å²) in [6, 6.07) is 6.05. The van der Waals surface area contributed by atoms with Crippen LogP contribution < -0.4 is 5.56 Å². The van der Waals surface area contributed by atoms with Gasteiger partial charge in [-0.3, -0.25) is 19.4 Å². The van der Waals surface area contributed by atoms with Crippen molar-refractivity contribution in [1.29, 1.82) is 0 Å². The fourth-order valence-electron chi connectivity index (χ4n) is 3.15. The van der Waals surface area contributed by atoms with Crippen LogP contribution in [0.3, 0.4) is 0 Å². The molecule has 3 heterocycles. The van der Waals surface area contributed by atoms with Gasteiger partial charge in [-0.15, -0.1) is 0 Å². The van der Waals surface area contributed by atoms with Crippen LogP contribution in [0.4, 0.5) is 0 Å². The number of aromatic amines is 1. The van der Waals surface area contributed by atoms with Gasteiger partial charge < -0.3 is 4.74 Å². The Bertz CT molecular complexity index is 1010. The van der Waals surface area contributed by atoms with E-state index in [4.69, 9.17) is 4.74 Å². The van der Waals surface area contributed by atoms with Gasteiger partial charge in [-0.25, -0.2) is 4.98 Å². The summed E-state index contributed by atoms with van der Waals surface area (Å²) < 4.78 is 7.10. The lowest BCUT2D eigenvalue weighted by Crippen LogP contribution is -2.37. The summed E-state index contributed by atoms with van der Waals surface area (Å²) in [6.45, 7) is 8.55. The van der Waals surface area contributed by atoms with Crippen molar-refractivity contribution in [2.45, 2.75) is 19.0 Å². The topological polar surface area (TPSA) is 76.0 Å². The van der Waals surface area contributed by atoms with Crippen molar-refractivity contribution in [2.24, 2.45) is 0 Å². The highest BCUT2D eigenvalue weighted by Crippen LogP contribution is 2.22. The average Bonchev–Trinajstić information content (AvgIpc) is 3.14. The van der Waals surface area contributed by atoms with Crippen molar-refractivity contribution in [3.05, 3.63) is 45.9 Å². The molecule has 27 heavy (non-hydrogen) atoms. The fraction of sp³-hybridized carbons (Fsp3) is 0.421. The molecule has 7 nitrogen and oxygen atoms in total. The van der Waals surface area contributed by atoms with E-state index in [1.165, 1.54) is 5.56 Å². The molecule has 0 atom stereocenters. The zero-order valence-electron chi connectivity index (χ0n) is 15.6. The predicted octanol–water partition coefficient (Wildman–Crippen LogP) is 2.15. The maximum atomic E-state index is 13.1. The summed E-state index contributed by atoms with van der Waals surface area (Å²) in [6.07, 6.45) is 1.55. The third kappa shape index (κ3) is 3.78. The molecule has 3 aromatic rings. The molecule has 1 fully saturated rings. The molecule has 4 rings (SSSR count). The smallest absolute Gasteiger partial charge is 0.269 e. The largest absolute Gasteiger partial charge is 0.379 e. The Morgan fingerprint density at radius 3 is 2.81 bits per heavy atom. The highest BCUT2D eigenvalue weighted by Gasteiger charge is 2.16. The van der Waals surface area contributed by atoms with E-state index in [1.54, 1.807) is 22.5 Å². The van der Waals surface area contributed by atoms with Crippen LogP contribution in [0.5, 0.6) is 0 Å². The van der Waals surface area contributed by atoms with Gasteiger partial charge in [0.25, 0.3) is 5.56 Å². The summed E-state index contributed by atoms with van der Waals surface area (Å²) in [5.74, 6) is 0.858. The molecule has 2 aromatic heterocycles. The SMILES string of the molecule is Cc1ccc(-n2c(SCCN3CCOCC3)nc3[nH]ncc3c2=O)cc1C. The average molecular weight is 385 g/mol. The van der Waals surface area contributed by atoms with Gasteiger partial charge in [0.05, 0.1) is 25.1 Å². The highest BCUT2D eigenvalue weighted by atomic mass is 32.2. The van der Waals surface area contributed by atoms with E-state index in [0.29, 0.717) is 16.2 Å². The number of hydrogen-bond acceptors (Lipinski definition) is 6. The van der Waals surface area contributed by atoms with E-state index >= 15 is 0 Å². The van der Waals surface area contributed by atoms with Crippen molar-refractivity contribution >= 4 is 22.8 Å². The van der Waals surface area contributed by atoms with Gasteiger partial charge in [0, 0.05) is 25.4 Å². The molecule has 8 heteroatoms. The number of nitrogens with zero attached hydrogens (tertiary/aromatic N) is 4. The highest BCUT2D eigenvalue weighted by molar-refractivity contribution is 7.99. The molecular formula is C19H23N5O2S. The number of morpholine rings is 1. The minimum Gasteiger partial charge on any atom is -0.379 e. The molecule has 0 bridgehead atoms. The molecule has 142 valence electrons. The van der Waals surface area contributed by atoms with E-state index in [9.17, 15) is 4.79 Å². The lowest BCUT2D eigenvalue weighted by molar-refractivity contribution is 0.0410. The molecule has 1 N–H and O–H groups in total. The molecule has 0 radical (unpaired) electrons. The number of fused-ring (bicyclic) bond motifs is 1. The number of aryl methyl sites for hydroxylation is 2. The van der Waals surface area contributed by atoms with Crippen LogP contribution in [0.25, 0.3) is 16.7 Å². The lowest BCUT2D eigenvalue weighted by atomic mass is 10.1. The van der Waals surface area contributed by atoms with Gasteiger partial charge in [-0.1, -0.05) is 17.8 Å². The van der Waals surface area contributed by atoms with Crippen LogP contribution in [-0.4, -0.2) is 63.2 Å². The first-order valence-electron chi connectivity index (χ1n) is 9.10.